The molecule has 1 N–H and O–H groups in total. The lowest BCUT2D eigenvalue weighted by Gasteiger charge is -2.12. The van der Waals surface area contributed by atoms with E-state index in [-0.39, 0.29) is 0 Å². The largest absolute Gasteiger partial charge is 0.308 e. The number of hydrogen-bond acceptors (Lipinski definition) is 3. The summed E-state index contributed by atoms with van der Waals surface area (Å²) in [5.41, 5.74) is 1.07. The standard InChI is InChI=1S/C14H17BrN2S/c1-10(8-13-7-6-11(2)18-13)16-9-12-4-3-5-14(15)17-12/h3-7,10,16H,8-9H2,1-2H3. The first-order chi connectivity index (χ1) is 8.63. The van der Waals surface area contributed by atoms with Crippen molar-refractivity contribution >= 4 is 27.3 Å². The van der Waals surface area contributed by atoms with Crippen molar-refractivity contribution in [3.05, 3.63) is 50.4 Å². The predicted octanol–water partition coefficient (Wildman–Crippen LogP) is 3.93. The molecule has 0 saturated carbocycles. The van der Waals surface area contributed by atoms with Crippen LogP contribution in [0.4, 0.5) is 0 Å². The number of aryl methyl sites for hydroxylation is 1. The lowest BCUT2D eigenvalue weighted by atomic mass is 10.2. The quantitative estimate of drug-likeness (QED) is 0.843. The van der Waals surface area contributed by atoms with Crippen molar-refractivity contribution in [1.29, 1.82) is 0 Å². The van der Waals surface area contributed by atoms with Gasteiger partial charge in [-0.15, -0.1) is 11.3 Å². The molecule has 1 unspecified atom stereocenters. The summed E-state index contributed by atoms with van der Waals surface area (Å²) in [6.07, 6.45) is 1.08. The van der Waals surface area contributed by atoms with Crippen molar-refractivity contribution in [2.45, 2.75) is 32.9 Å². The van der Waals surface area contributed by atoms with Crippen LogP contribution in [-0.4, -0.2) is 11.0 Å². The van der Waals surface area contributed by atoms with Gasteiger partial charge in [-0.05, 0) is 60.5 Å². The molecule has 2 rings (SSSR count). The molecule has 0 radical (unpaired) electrons. The zero-order valence-electron chi connectivity index (χ0n) is 10.6. The molecule has 1 atom stereocenters. The van der Waals surface area contributed by atoms with E-state index in [0.29, 0.717) is 6.04 Å². The van der Waals surface area contributed by atoms with Crippen molar-refractivity contribution in [2.75, 3.05) is 0 Å². The minimum Gasteiger partial charge on any atom is -0.308 e. The Labute approximate surface area is 121 Å². The first-order valence-corrected chi connectivity index (χ1v) is 7.64. The molecule has 0 aliphatic carbocycles. The van der Waals surface area contributed by atoms with Crippen molar-refractivity contribution in [1.82, 2.24) is 10.3 Å². The maximum atomic E-state index is 4.41. The van der Waals surface area contributed by atoms with Crippen LogP contribution in [-0.2, 0) is 13.0 Å². The number of rotatable bonds is 5. The number of aromatic nitrogens is 1. The molecule has 0 aromatic carbocycles. The Balaban J connectivity index is 1.83. The molecule has 0 aliphatic rings. The summed E-state index contributed by atoms with van der Waals surface area (Å²) in [5, 5.41) is 3.51. The summed E-state index contributed by atoms with van der Waals surface area (Å²) < 4.78 is 0.892. The normalized spacial score (nSPS) is 12.6. The number of nitrogens with one attached hydrogen (secondary N) is 1. The second-order valence-corrected chi connectivity index (χ2v) is 6.64. The lowest BCUT2D eigenvalue weighted by Crippen LogP contribution is -2.27. The molecule has 0 bridgehead atoms. The predicted molar refractivity (Wildman–Crippen MR) is 81.0 cm³/mol. The van der Waals surface area contributed by atoms with Crippen LogP contribution >= 0.6 is 27.3 Å². The van der Waals surface area contributed by atoms with E-state index >= 15 is 0 Å². The van der Waals surface area contributed by atoms with Crippen molar-refractivity contribution < 1.29 is 0 Å². The molecule has 4 heteroatoms. The average molecular weight is 325 g/mol. The Bertz CT molecular complexity index is 510. The Morgan fingerprint density at radius 2 is 2.17 bits per heavy atom. The van der Waals surface area contributed by atoms with Crippen LogP contribution in [0.1, 0.15) is 22.4 Å². The highest BCUT2D eigenvalue weighted by atomic mass is 79.9. The third-order valence-corrected chi connectivity index (χ3v) is 4.17. The monoisotopic (exact) mass is 324 g/mol. The molecule has 0 aliphatic heterocycles. The van der Waals surface area contributed by atoms with Crippen molar-refractivity contribution in [3.8, 4) is 0 Å². The van der Waals surface area contributed by atoms with E-state index in [1.807, 2.05) is 29.5 Å². The van der Waals surface area contributed by atoms with Gasteiger partial charge in [-0.25, -0.2) is 4.98 Å². The zero-order chi connectivity index (χ0) is 13.0. The minimum atomic E-state index is 0.462. The molecule has 0 fully saturated rings. The van der Waals surface area contributed by atoms with E-state index < -0.39 is 0 Å². The molecule has 2 heterocycles. The first-order valence-electron chi connectivity index (χ1n) is 6.03. The number of halogens is 1. The summed E-state index contributed by atoms with van der Waals surface area (Å²) in [6, 6.07) is 10.9. The van der Waals surface area contributed by atoms with Crippen molar-refractivity contribution in [2.24, 2.45) is 0 Å². The fraction of sp³-hybridized carbons (Fsp3) is 0.357. The molecule has 0 saturated heterocycles. The number of nitrogens with zero attached hydrogens (tertiary/aromatic N) is 1. The van der Waals surface area contributed by atoms with E-state index in [0.717, 1.165) is 23.3 Å². The molecular formula is C14H17BrN2S. The third kappa shape index (κ3) is 4.19. The Hall–Kier alpha value is -0.710. The van der Waals surface area contributed by atoms with Gasteiger partial charge in [0.2, 0.25) is 0 Å². The Morgan fingerprint density at radius 3 is 2.83 bits per heavy atom. The highest BCUT2D eigenvalue weighted by Gasteiger charge is 2.05. The summed E-state index contributed by atoms with van der Waals surface area (Å²) in [6.45, 7) is 5.18. The second-order valence-electron chi connectivity index (χ2n) is 4.45. The molecule has 18 heavy (non-hydrogen) atoms. The first kappa shape index (κ1) is 13.7. The molecule has 2 aromatic rings. The van der Waals surface area contributed by atoms with E-state index in [9.17, 15) is 0 Å². The molecule has 96 valence electrons. The summed E-state index contributed by atoms with van der Waals surface area (Å²) in [5.74, 6) is 0. The van der Waals surface area contributed by atoms with Gasteiger partial charge in [-0.3, -0.25) is 0 Å². The maximum Gasteiger partial charge on any atom is 0.106 e. The fourth-order valence-electron chi connectivity index (χ4n) is 1.80. The lowest BCUT2D eigenvalue weighted by molar-refractivity contribution is 0.542. The third-order valence-electron chi connectivity index (χ3n) is 2.71. The van der Waals surface area contributed by atoms with E-state index in [4.69, 9.17) is 0 Å². The Kier molecular flexibility index (Phi) is 4.92. The highest BCUT2D eigenvalue weighted by molar-refractivity contribution is 9.10. The summed E-state index contributed by atoms with van der Waals surface area (Å²) in [4.78, 5) is 7.23. The zero-order valence-corrected chi connectivity index (χ0v) is 13.0. The summed E-state index contributed by atoms with van der Waals surface area (Å²) >= 11 is 5.27. The van der Waals surface area contributed by atoms with Gasteiger partial charge in [0.1, 0.15) is 4.60 Å². The van der Waals surface area contributed by atoms with Gasteiger partial charge >= 0.3 is 0 Å². The molecule has 0 spiro atoms. The van der Waals surface area contributed by atoms with Crippen LogP contribution in [0.15, 0.2) is 34.9 Å². The van der Waals surface area contributed by atoms with Gasteiger partial charge < -0.3 is 5.32 Å². The minimum absolute atomic E-state index is 0.462. The Morgan fingerprint density at radius 1 is 1.33 bits per heavy atom. The maximum absolute atomic E-state index is 4.41. The topological polar surface area (TPSA) is 24.9 Å². The van der Waals surface area contributed by atoms with Gasteiger partial charge in [0.15, 0.2) is 0 Å². The number of thiophene rings is 1. The van der Waals surface area contributed by atoms with Gasteiger partial charge in [0, 0.05) is 22.3 Å². The number of pyridine rings is 1. The number of hydrogen-bond donors (Lipinski definition) is 1. The fourth-order valence-corrected chi connectivity index (χ4v) is 3.20. The van der Waals surface area contributed by atoms with Crippen LogP contribution in [0.25, 0.3) is 0 Å². The highest BCUT2D eigenvalue weighted by Crippen LogP contribution is 2.16. The van der Waals surface area contributed by atoms with Crippen molar-refractivity contribution in [3.63, 3.8) is 0 Å². The smallest absolute Gasteiger partial charge is 0.106 e. The van der Waals surface area contributed by atoms with Crippen LogP contribution in [0, 0.1) is 6.92 Å². The van der Waals surface area contributed by atoms with Crippen LogP contribution in [0.3, 0.4) is 0 Å². The molecule has 2 nitrogen and oxygen atoms in total. The van der Waals surface area contributed by atoms with Crippen LogP contribution in [0.5, 0.6) is 0 Å². The molecular weight excluding hydrogens is 308 g/mol. The van der Waals surface area contributed by atoms with Gasteiger partial charge in [0.05, 0.1) is 5.69 Å². The van der Waals surface area contributed by atoms with E-state index in [2.05, 4.69) is 52.2 Å². The average Bonchev–Trinajstić information content (AvgIpc) is 2.72. The van der Waals surface area contributed by atoms with E-state index in [1.54, 1.807) is 0 Å². The van der Waals surface area contributed by atoms with Gasteiger partial charge in [-0.1, -0.05) is 6.07 Å². The summed E-state index contributed by atoms with van der Waals surface area (Å²) in [7, 11) is 0. The SMILES string of the molecule is Cc1ccc(CC(C)NCc2cccc(Br)n2)s1. The van der Waals surface area contributed by atoms with Gasteiger partial charge in [-0.2, -0.15) is 0 Å². The van der Waals surface area contributed by atoms with Gasteiger partial charge in [0.25, 0.3) is 0 Å². The molecule has 2 aromatic heterocycles. The second kappa shape index (κ2) is 6.45. The van der Waals surface area contributed by atoms with E-state index in [1.165, 1.54) is 9.75 Å². The van der Waals surface area contributed by atoms with Crippen LogP contribution < -0.4 is 5.32 Å². The molecule has 0 amide bonds. The van der Waals surface area contributed by atoms with Crippen LogP contribution in [0.2, 0.25) is 0 Å².